The average molecular weight is 259 g/mol. The van der Waals surface area contributed by atoms with Gasteiger partial charge in [-0.15, -0.1) is 0 Å². The molecule has 2 aromatic rings. The number of nitrogens with zero attached hydrogens (tertiary/aromatic N) is 4. The summed E-state index contributed by atoms with van der Waals surface area (Å²) < 4.78 is 1.79. The Morgan fingerprint density at radius 2 is 2.11 bits per heavy atom. The number of hydrogen-bond donors (Lipinski definition) is 1. The van der Waals surface area contributed by atoms with Crippen LogP contribution in [0.2, 0.25) is 0 Å². The minimum Gasteiger partial charge on any atom is -0.370 e. The lowest BCUT2D eigenvalue weighted by Gasteiger charge is -2.15. The van der Waals surface area contributed by atoms with E-state index in [1.807, 2.05) is 19.2 Å². The van der Waals surface area contributed by atoms with Crippen molar-refractivity contribution in [2.75, 3.05) is 11.9 Å². The van der Waals surface area contributed by atoms with Gasteiger partial charge in [-0.05, 0) is 19.4 Å². The van der Waals surface area contributed by atoms with Crippen molar-refractivity contribution in [1.29, 1.82) is 0 Å². The Bertz CT molecular complexity index is 531. The van der Waals surface area contributed by atoms with Crippen LogP contribution in [0.1, 0.15) is 44.5 Å². The molecule has 19 heavy (non-hydrogen) atoms. The molecule has 2 heterocycles. The van der Waals surface area contributed by atoms with Gasteiger partial charge >= 0.3 is 0 Å². The lowest BCUT2D eigenvalue weighted by Crippen LogP contribution is -2.13. The van der Waals surface area contributed by atoms with Crippen LogP contribution in [-0.4, -0.2) is 26.3 Å². The largest absolute Gasteiger partial charge is 0.370 e. The third kappa shape index (κ3) is 2.92. The minimum absolute atomic E-state index is 0.289. The first-order valence-electron chi connectivity index (χ1n) is 6.76. The molecule has 0 aromatic carbocycles. The quantitative estimate of drug-likeness (QED) is 0.897. The van der Waals surface area contributed by atoms with E-state index in [-0.39, 0.29) is 5.92 Å². The standard InChI is InChI=1S/C14H21N5/c1-5-7-15-13-11(4)14(19-9-6-8-16-19)18-12(17-13)10(2)3/h6,8-10H,5,7H2,1-4H3,(H,15,17,18). The summed E-state index contributed by atoms with van der Waals surface area (Å²) in [6.45, 7) is 9.27. The zero-order chi connectivity index (χ0) is 13.8. The highest BCUT2D eigenvalue weighted by atomic mass is 15.3. The summed E-state index contributed by atoms with van der Waals surface area (Å²) in [5.41, 5.74) is 1.03. The molecule has 5 nitrogen and oxygen atoms in total. The van der Waals surface area contributed by atoms with Gasteiger partial charge in [-0.1, -0.05) is 20.8 Å². The second kappa shape index (κ2) is 5.82. The van der Waals surface area contributed by atoms with Crippen LogP contribution in [0.15, 0.2) is 18.5 Å². The van der Waals surface area contributed by atoms with Crippen LogP contribution in [0, 0.1) is 6.92 Å². The summed E-state index contributed by atoms with van der Waals surface area (Å²) >= 11 is 0. The van der Waals surface area contributed by atoms with Gasteiger partial charge in [0.2, 0.25) is 0 Å². The maximum absolute atomic E-state index is 4.63. The number of hydrogen-bond acceptors (Lipinski definition) is 4. The van der Waals surface area contributed by atoms with E-state index in [1.54, 1.807) is 10.9 Å². The highest BCUT2D eigenvalue weighted by Crippen LogP contribution is 2.21. The Kier molecular flexibility index (Phi) is 4.14. The fraction of sp³-hybridized carbons (Fsp3) is 0.500. The number of rotatable bonds is 5. The number of anilines is 1. The smallest absolute Gasteiger partial charge is 0.162 e. The van der Waals surface area contributed by atoms with Crippen LogP contribution in [0.5, 0.6) is 0 Å². The molecule has 5 heteroatoms. The first kappa shape index (κ1) is 13.5. The molecule has 0 aliphatic carbocycles. The van der Waals surface area contributed by atoms with Crippen molar-refractivity contribution in [2.45, 2.75) is 40.0 Å². The summed E-state index contributed by atoms with van der Waals surface area (Å²) in [6, 6.07) is 1.90. The third-order valence-electron chi connectivity index (χ3n) is 2.92. The molecule has 102 valence electrons. The molecule has 0 saturated heterocycles. The van der Waals surface area contributed by atoms with Gasteiger partial charge in [0.25, 0.3) is 0 Å². The van der Waals surface area contributed by atoms with Crippen LogP contribution < -0.4 is 5.32 Å². The molecule has 1 N–H and O–H groups in total. The molecule has 2 aromatic heterocycles. The lowest BCUT2D eigenvalue weighted by atomic mass is 10.2. The van der Waals surface area contributed by atoms with Gasteiger partial charge < -0.3 is 5.32 Å². The van der Waals surface area contributed by atoms with Gasteiger partial charge in [0, 0.05) is 30.4 Å². The highest BCUT2D eigenvalue weighted by molar-refractivity contribution is 5.51. The molecular formula is C14H21N5. The molecule has 0 fully saturated rings. The molecule has 0 amide bonds. The minimum atomic E-state index is 0.289. The number of aromatic nitrogens is 4. The molecule has 0 unspecified atom stereocenters. The average Bonchev–Trinajstić information content (AvgIpc) is 2.91. The molecule has 0 bridgehead atoms. The topological polar surface area (TPSA) is 55.6 Å². The predicted octanol–water partition coefficient (Wildman–Crippen LogP) is 2.92. The summed E-state index contributed by atoms with van der Waals surface area (Å²) in [5.74, 6) is 2.89. The molecule has 2 rings (SSSR count). The van der Waals surface area contributed by atoms with Gasteiger partial charge in [-0.3, -0.25) is 0 Å². The summed E-state index contributed by atoms with van der Waals surface area (Å²) in [6.07, 6.45) is 4.73. The fourth-order valence-electron chi connectivity index (χ4n) is 1.81. The zero-order valence-electron chi connectivity index (χ0n) is 12.0. The lowest BCUT2D eigenvalue weighted by molar-refractivity contribution is 0.739. The van der Waals surface area contributed by atoms with E-state index in [0.29, 0.717) is 0 Å². The first-order valence-corrected chi connectivity index (χ1v) is 6.76. The van der Waals surface area contributed by atoms with Gasteiger partial charge in [-0.25, -0.2) is 14.6 Å². The Morgan fingerprint density at radius 1 is 1.32 bits per heavy atom. The van der Waals surface area contributed by atoms with Gasteiger partial charge in [-0.2, -0.15) is 5.10 Å². The molecule has 0 atom stereocenters. The fourth-order valence-corrected chi connectivity index (χ4v) is 1.81. The van der Waals surface area contributed by atoms with E-state index in [4.69, 9.17) is 0 Å². The second-order valence-electron chi connectivity index (χ2n) is 4.91. The van der Waals surface area contributed by atoms with Crippen molar-refractivity contribution in [1.82, 2.24) is 19.7 Å². The summed E-state index contributed by atoms with van der Waals surface area (Å²) in [7, 11) is 0. The Morgan fingerprint density at radius 3 is 2.68 bits per heavy atom. The van der Waals surface area contributed by atoms with Crippen LogP contribution in [0.25, 0.3) is 5.82 Å². The molecule has 0 spiro atoms. The monoisotopic (exact) mass is 259 g/mol. The maximum atomic E-state index is 4.63. The van der Waals surface area contributed by atoms with E-state index < -0.39 is 0 Å². The van der Waals surface area contributed by atoms with E-state index in [0.717, 1.165) is 36.0 Å². The molecule has 0 radical (unpaired) electrons. The van der Waals surface area contributed by atoms with Gasteiger partial charge in [0.15, 0.2) is 5.82 Å². The van der Waals surface area contributed by atoms with E-state index in [9.17, 15) is 0 Å². The summed E-state index contributed by atoms with van der Waals surface area (Å²) in [4.78, 5) is 9.25. The van der Waals surface area contributed by atoms with Crippen molar-refractivity contribution < 1.29 is 0 Å². The molecule has 0 saturated carbocycles. The third-order valence-corrected chi connectivity index (χ3v) is 2.92. The highest BCUT2D eigenvalue weighted by Gasteiger charge is 2.14. The Hall–Kier alpha value is -1.91. The first-order chi connectivity index (χ1) is 9.13. The van der Waals surface area contributed by atoms with Crippen molar-refractivity contribution >= 4 is 5.82 Å². The van der Waals surface area contributed by atoms with Crippen LogP contribution >= 0.6 is 0 Å². The van der Waals surface area contributed by atoms with E-state index >= 15 is 0 Å². The Balaban J connectivity index is 2.49. The SMILES string of the molecule is CCCNc1nc(C(C)C)nc(-n2cccn2)c1C. The van der Waals surface area contributed by atoms with Crippen molar-refractivity contribution in [2.24, 2.45) is 0 Å². The van der Waals surface area contributed by atoms with Crippen molar-refractivity contribution in [3.8, 4) is 5.82 Å². The predicted molar refractivity (Wildman–Crippen MR) is 76.8 cm³/mol. The van der Waals surface area contributed by atoms with Crippen LogP contribution in [0.4, 0.5) is 5.82 Å². The van der Waals surface area contributed by atoms with Gasteiger partial charge in [0.1, 0.15) is 11.6 Å². The van der Waals surface area contributed by atoms with Crippen molar-refractivity contribution in [3.63, 3.8) is 0 Å². The Labute approximate surface area is 114 Å². The molecular weight excluding hydrogens is 238 g/mol. The molecule has 0 aliphatic heterocycles. The van der Waals surface area contributed by atoms with E-state index in [2.05, 4.69) is 41.2 Å². The van der Waals surface area contributed by atoms with E-state index in [1.165, 1.54) is 0 Å². The molecule has 0 aliphatic rings. The van der Waals surface area contributed by atoms with Gasteiger partial charge in [0.05, 0.1) is 0 Å². The van der Waals surface area contributed by atoms with Crippen LogP contribution in [0.3, 0.4) is 0 Å². The second-order valence-corrected chi connectivity index (χ2v) is 4.91. The summed E-state index contributed by atoms with van der Waals surface area (Å²) in [5, 5.41) is 7.64. The number of nitrogens with one attached hydrogen (secondary N) is 1. The maximum Gasteiger partial charge on any atom is 0.162 e. The zero-order valence-corrected chi connectivity index (χ0v) is 12.0. The normalized spacial score (nSPS) is 11.0. The van der Waals surface area contributed by atoms with Crippen LogP contribution in [-0.2, 0) is 0 Å². The van der Waals surface area contributed by atoms with Crippen molar-refractivity contribution in [3.05, 3.63) is 29.8 Å².